The zero-order chi connectivity index (χ0) is 14.5. The third-order valence-corrected chi connectivity index (χ3v) is 9.35. The van der Waals surface area contributed by atoms with Gasteiger partial charge in [-0.25, -0.2) is 9.78 Å². The van der Waals surface area contributed by atoms with Crippen LogP contribution in [0, 0.1) is 16.7 Å². The molecule has 21 heavy (non-hydrogen) atoms. The van der Waals surface area contributed by atoms with Crippen LogP contribution in [0.15, 0.2) is 23.4 Å². The minimum atomic E-state index is -1.97. The van der Waals surface area contributed by atoms with E-state index >= 15 is 0 Å². The number of pyridine rings is 1. The molecule has 5 heteroatoms. The SMILES string of the molecule is CC1(C)C2CCC13CS1(OC(=O)c4cccnc41)OC3C2. The van der Waals surface area contributed by atoms with Gasteiger partial charge in [-0.1, -0.05) is 13.8 Å². The number of rotatable bonds is 0. The minimum absolute atomic E-state index is 0.173. The predicted molar refractivity (Wildman–Crippen MR) is 78.8 cm³/mol. The largest absolute Gasteiger partial charge is 0.363 e. The van der Waals surface area contributed by atoms with E-state index in [1.54, 1.807) is 12.3 Å². The first kappa shape index (κ1) is 12.5. The maximum atomic E-state index is 12.2. The van der Waals surface area contributed by atoms with Crippen LogP contribution in [0.25, 0.3) is 0 Å². The van der Waals surface area contributed by atoms with E-state index < -0.39 is 10.6 Å². The minimum Gasteiger partial charge on any atom is -0.342 e. The van der Waals surface area contributed by atoms with E-state index in [1.807, 2.05) is 6.07 Å². The predicted octanol–water partition coefficient (Wildman–Crippen LogP) is 3.47. The van der Waals surface area contributed by atoms with E-state index in [0.717, 1.165) is 23.1 Å². The van der Waals surface area contributed by atoms with Crippen molar-refractivity contribution in [1.82, 2.24) is 4.98 Å². The summed E-state index contributed by atoms with van der Waals surface area (Å²) in [5, 5.41) is 0.776. The molecule has 3 heterocycles. The van der Waals surface area contributed by atoms with Crippen LogP contribution in [0.3, 0.4) is 0 Å². The zero-order valence-corrected chi connectivity index (χ0v) is 13.1. The normalized spacial score (nSPS) is 48.0. The van der Waals surface area contributed by atoms with Crippen molar-refractivity contribution in [3.8, 4) is 0 Å². The fraction of sp³-hybridized carbons (Fsp3) is 0.625. The van der Waals surface area contributed by atoms with Crippen molar-refractivity contribution in [2.45, 2.75) is 44.2 Å². The number of aromatic nitrogens is 1. The number of nitrogens with zero attached hydrogens (tertiary/aromatic N) is 1. The smallest absolute Gasteiger partial charge is 0.342 e. The highest BCUT2D eigenvalue weighted by molar-refractivity contribution is 8.26. The lowest BCUT2D eigenvalue weighted by atomic mass is 9.70. The van der Waals surface area contributed by atoms with Gasteiger partial charge in [0.05, 0.1) is 11.9 Å². The molecule has 1 aromatic rings. The number of carbonyl (C=O) groups excluding carboxylic acids is 1. The second-order valence-corrected chi connectivity index (χ2v) is 9.68. The summed E-state index contributed by atoms with van der Waals surface area (Å²) in [6, 6.07) is 3.60. The summed E-state index contributed by atoms with van der Waals surface area (Å²) >= 11 is 0. The van der Waals surface area contributed by atoms with E-state index in [-0.39, 0.29) is 22.9 Å². The molecule has 1 saturated heterocycles. The lowest BCUT2D eigenvalue weighted by Crippen LogP contribution is -2.37. The summed E-state index contributed by atoms with van der Waals surface area (Å²) in [6.45, 7) is 4.76. The Morgan fingerprint density at radius 3 is 3.05 bits per heavy atom. The molecule has 0 radical (unpaired) electrons. The van der Waals surface area contributed by atoms with Gasteiger partial charge < -0.3 is 4.18 Å². The molecule has 4 aliphatic rings. The standard InChI is InChI=1S/C16H19NO3S/c1-15(2)10-5-6-16(15)9-21(19-12(16)8-10)13-11(14(18)20-21)4-3-7-17-13/h3-4,7,10,12H,5-6,8-9H2,1-2H3. The summed E-state index contributed by atoms with van der Waals surface area (Å²) in [7, 11) is -1.97. The Kier molecular flexibility index (Phi) is 2.06. The molecule has 2 aliphatic carbocycles. The first-order valence-corrected chi connectivity index (χ1v) is 9.32. The number of hydrogen-bond donors (Lipinski definition) is 0. The van der Waals surface area contributed by atoms with Crippen LogP contribution in [-0.4, -0.2) is 22.8 Å². The van der Waals surface area contributed by atoms with Gasteiger partial charge in [0.2, 0.25) is 0 Å². The molecule has 1 aromatic heterocycles. The molecule has 4 unspecified atom stereocenters. The van der Waals surface area contributed by atoms with E-state index in [0.29, 0.717) is 5.56 Å². The van der Waals surface area contributed by atoms with Gasteiger partial charge >= 0.3 is 5.97 Å². The first-order chi connectivity index (χ1) is 9.99. The third kappa shape index (κ3) is 1.21. The average molecular weight is 305 g/mol. The second-order valence-electron chi connectivity index (χ2n) is 7.42. The summed E-state index contributed by atoms with van der Waals surface area (Å²) in [4.78, 5) is 16.7. The van der Waals surface area contributed by atoms with Crippen molar-refractivity contribution in [3.05, 3.63) is 23.9 Å². The van der Waals surface area contributed by atoms with Crippen molar-refractivity contribution in [3.63, 3.8) is 0 Å². The van der Waals surface area contributed by atoms with Gasteiger partial charge in [-0.05, 0) is 42.7 Å². The van der Waals surface area contributed by atoms with Gasteiger partial charge in [-0.2, -0.15) is 0 Å². The highest BCUT2D eigenvalue weighted by Gasteiger charge is 2.72. The molecule has 4 atom stereocenters. The Hall–Kier alpha value is -1.07. The maximum absolute atomic E-state index is 12.2. The first-order valence-electron chi connectivity index (χ1n) is 7.67. The highest BCUT2D eigenvalue weighted by atomic mass is 32.3. The average Bonchev–Trinajstić information content (AvgIpc) is 3.08. The summed E-state index contributed by atoms with van der Waals surface area (Å²) in [5.41, 5.74) is 1.06. The molecule has 0 N–H and O–H groups in total. The van der Waals surface area contributed by atoms with Crippen molar-refractivity contribution in [1.29, 1.82) is 0 Å². The van der Waals surface area contributed by atoms with E-state index in [4.69, 9.17) is 8.37 Å². The number of fused-ring (bicyclic) bond motifs is 3. The summed E-state index contributed by atoms with van der Waals surface area (Å²) in [6.07, 6.45) is 5.58. The Morgan fingerprint density at radius 2 is 2.29 bits per heavy atom. The topological polar surface area (TPSA) is 48.4 Å². The Bertz CT molecular complexity index is 675. The van der Waals surface area contributed by atoms with E-state index in [1.165, 1.54) is 12.8 Å². The summed E-state index contributed by atoms with van der Waals surface area (Å²) in [5.74, 6) is 1.35. The van der Waals surface area contributed by atoms with E-state index in [2.05, 4.69) is 18.8 Å². The molecule has 2 bridgehead atoms. The van der Waals surface area contributed by atoms with Crippen molar-refractivity contribution in [2.24, 2.45) is 16.7 Å². The Balaban J connectivity index is 1.65. The molecule has 2 spiro atoms. The molecule has 4 nitrogen and oxygen atoms in total. The Morgan fingerprint density at radius 1 is 1.43 bits per heavy atom. The highest BCUT2D eigenvalue weighted by Crippen LogP contribution is 2.80. The van der Waals surface area contributed by atoms with Crippen LogP contribution in [0.2, 0.25) is 0 Å². The molecule has 3 fully saturated rings. The van der Waals surface area contributed by atoms with Crippen LogP contribution in [0.4, 0.5) is 0 Å². The number of carbonyl (C=O) groups is 1. The fourth-order valence-electron chi connectivity index (χ4n) is 5.20. The number of hydrogen-bond acceptors (Lipinski definition) is 4. The van der Waals surface area contributed by atoms with Crippen LogP contribution in [0.5, 0.6) is 0 Å². The maximum Gasteiger partial charge on any atom is 0.363 e. The lowest BCUT2D eigenvalue weighted by Gasteiger charge is -2.38. The molecule has 0 amide bonds. The van der Waals surface area contributed by atoms with Crippen LogP contribution in [-0.2, 0) is 8.37 Å². The molecule has 5 rings (SSSR count). The molecular formula is C16H19NO3S. The van der Waals surface area contributed by atoms with Crippen LogP contribution in [0.1, 0.15) is 43.5 Å². The van der Waals surface area contributed by atoms with Crippen molar-refractivity contribution >= 4 is 16.6 Å². The third-order valence-electron chi connectivity index (χ3n) is 6.57. The quantitative estimate of drug-likeness (QED) is 0.736. The second kappa shape index (κ2) is 3.46. The monoisotopic (exact) mass is 305 g/mol. The van der Waals surface area contributed by atoms with Crippen LogP contribution >= 0.6 is 10.6 Å². The van der Waals surface area contributed by atoms with Crippen molar-refractivity contribution < 1.29 is 13.2 Å². The van der Waals surface area contributed by atoms with Gasteiger partial charge in [0.25, 0.3) is 0 Å². The summed E-state index contributed by atoms with van der Waals surface area (Å²) < 4.78 is 12.3. The van der Waals surface area contributed by atoms with Crippen LogP contribution < -0.4 is 0 Å². The molecule has 0 aromatic carbocycles. The zero-order valence-electron chi connectivity index (χ0n) is 12.3. The Labute approximate surface area is 126 Å². The molecule has 2 aliphatic heterocycles. The molecular weight excluding hydrogens is 286 g/mol. The van der Waals surface area contributed by atoms with Gasteiger partial charge in [0, 0.05) is 11.6 Å². The molecule has 112 valence electrons. The van der Waals surface area contributed by atoms with Gasteiger partial charge in [0.1, 0.15) is 5.56 Å². The van der Waals surface area contributed by atoms with Gasteiger partial charge in [-0.3, -0.25) is 4.18 Å². The van der Waals surface area contributed by atoms with Gasteiger partial charge in [-0.15, -0.1) is 10.6 Å². The fourth-order valence-corrected chi connectivity index (χ4v) is 8.73. The lowest BCUT2D eigenvalue weighted by molar-refractivity contribution is 0.0656. The molecule has 2 saturated carbocycles. The van der Waals surface area contributed by atoms with Gasteiger partial charge in [0.15, 0.2) is 5.03 Å². The van der Waals surface area contributed by atoms with E-state index in [9.17, 15) is 4.79 Å². The van der Waals surface area contributed by atoms with Crippen molar-refractivity contribution in [2.75, 3.05) is 5.75 Å².